The fraction of sp³-hybridized carbons (Fsp3) is 0.650. The van der Waals surface area contributed by atoms with Crippen molar-refractivity contribution in [3.8, 4) is 0 Å². The number of rotatable bonds is 16. The van der Waals surface area contributed by atoms with Crippen molar-refractivity contribution in [3.05, 3.63) is 46.2 Å². The van der Waals surface area contributed by atoms with Gasteiger partial charge in [0, 0.05) is 18.2 Å². The number of carboxylic acid groups (broad SMARTS) is 1. The van der Waals surface area contributed by atoms with Gasteiger partial charge in [-0.1, -0.05) is 77.2 Å². The molecule has 0 fully saturated rings. The highest BCUT2D eigenvalue weighted by Gasteiger charge is 2.03. The molecule has 0 saturated heterocycles. The van der Waals surface area contributed by atoms with Gasteiger partial charge in [-0.2, -0.15) is 0 Å². The van der Waals surface area contributed by atoms with Crippen molar-refractivity contribution in [1.29, 1.82) is 0 Å². The molecule has 0 aliphatic carbocycles. The normalized spacial score (nSPS) is 12.3. The third-order valence-corrected chi connectivity index (χ3v) is 3.98. The SMILES string of the molecule is CCCCCCCCCCCCC/C=C/C(=C/C=C/C(=O)O)[N+](=O)[O-]. The number of hydrogen-bond donors (Lipinski definition) is 1. The largest absolute Gasteiger partial charge is 0.478 e. The molecule has 0 aliphatic rings. The summed E-state index contributed by atoms with van der Waals surface area (Å²) in [6, 6.07) is 0. The maximum Gasteiger partial charge on any atom is 0.328 e. The third-order valence-electron chi connectivity index (χ3n) is 3.98. The van der Waals surface area contributed by atoms with Gasteiger partial charge in [0.05, 0.1) is 4.92 Å². The Morgan fingerprint density at radius 2 is 1.44 bits per heavy atom. The number of nitrogens with zero attached hydrogens (tertiary/aromatic N) is 1. The van der Waals surface area contributed by atoms with E-state index in [2.05, 4.69) is 6.92 Å². The topological polar surface area (TPSA) is 80.4 Å². The van der Waals surface area contributed by atoms with Crippen molar-refractivity contribution in [2.75, 3.05) is 0 Å². The van der Waals surface area contributed by atoms with Crippen LogP contribution in [0.5, 0.6) is 0 Å². The first kappa shape index (κ1) is 23.1. The van der Waals surface area contributed by atoms with E-state index in [-0.39, 0.29) is 5.70 Å². The lowest BCUT2D eigenvalue weighted by molar-refractivity contribution is -0.419. The highest BCUT2D eigenvalue weighted by atomic mass is 16.6. The van der Waals surface area contributed by atoms with Crippen LogP contribution >= 0.6 is 0 Å². The minimum absolute atomic E-state index is 0.0967. The number of hydrogen-bond acceptors (Lipinski definition) is 3. The second-order valence-corrected chi connectivity index (χ2v) is 6.27. The van der Waals surface area contributed by atoms with Crippen LogP contribution in [0.4, 0.5) is 0 Å². The van der Waals surface area contributed by atoms with Crippen LogP contribution in [-0.2, 0) is 4.79 Å². The molecule has 0 radical (unpaired) electrons. The van der Waals surface area contributed by atoms with Gasteiger partial charge in [0.15, 0.2) is 0 Å². The second-order valence-electron chi connectivity index (χ2n) is 6.27. The minimum Gasteiger partial charge on any atom is -0.478 e. The molecular formula is C20H33NO4. The molecule has 5 nitrogen and oxygen atoms in total. The lowest BCUT2D eigenvalue weighted by Gasteiger charge is -2.01. The van der Waals surface area contributed by atoms with Crippen molar-refractivity contribution >= 4 is 5.97 Å². The Morgan fingerprint density at radius 3 is 1.92 bits per heavy atom. The van der Waals surface area contributed by atoms with E-state index in [0.717, 1.165) is 25.3 Å². The third kappa shape index (κ3) is 16.7. The van der Waals surface area contributed by atoms with Gasteiger partial charge in [0.25, 0.3) is 5.70 Å². The molecule has 0 aromatic carbocycles. The second kappa shape index (κ2) is 16.9. The lowest BCUT2D eigenvalue weighted by Crippen LogP contribution is -1.95. The highest BCUT2D eigenvalue weighted by Crippen LogP contribution is 2.12. The number of unbranched alkanes of at least 4 members (excludes halogenated alkanes) is 11. The Bertz CT molecular complexity index is 453. The fourth-order valence-corrected chi connectivity index (χ4v) is 2.54. The minimum atomic E-state index is -1.12. The van der Waals surface area contributed by atoms with E-state index in [0.29, 0.717) is 0 Å². The summed E-state index contributed by atoms with van der Waals surface area (Å²) in [5.41, 5.74) is -0.0967. The molecule has 0 atom stereocenters. The summed E-state index contributed by atoms with van der Waals surface area (Å²) in [6.45, 7) is 2.24. The summed E-state index contributed by atoms with van der Waals surface area (Å²) in [5, 5.41) is 19.3. The Morgan fingerprint density at radius 1 is 0.920 bits per heavy atom. The van der Waals surface area contributed by atoms with Gasteiger partial charge in [-0.3, -0.25) is 10.1 Å². The summed E-state index contributed by atoms with van der Waals surface area (Å²) in [6.07, 6.45) is 21.4. The van der Waals surface area contributed by atoms with Gasteiger partial charge in [-0.25, -0.2) is 4.79 Å². The van der Waals surface area contributed by atoms with Gasteiger partial charge >= 0.3 is 5.97 Å². The van der Waals surface area contributed by atoms with E-state index in [1.54, 1.807) is 6.08 Å². The molecule has 0 bridgehead atoms. The van der Waals surface area contributed by atoms with Crippen molar-refractivity contribution in [2.45, 2.75) is 84.0 Å². The quantitative estimate of drug-likeness (QED) is 0.121. The Hall–Kier alpha value is -1.91. The zero-order chi connectivity index (χ0) is 18.8. The monoisotopic (exact) mass is 351 g/mol. The van der Waals surface area contributed by atoms with Crippen molar-refractivity contribution in [1.82, 2.24) is 0 Å². The van der Waals surface area contributed by atoms with E-state index >= 15 is 0 Å². The van der Waals surface area contributed by atoms with Crippen LogP contribution in [-0.4, -0.2) is 16.0 Å². The van der Waals surface area contributed by atoms with Gasteiger partial charge in [-0.15, -0.1) is 0 Å². The molecule has 0 amide bonds. The van der Waals surface area contributed by atoms with Gasteiger partial charge in [0.2, 0.25) is 0 Å². The number of nitro groups is 1. The van der Waals surface area contributed by atoms with E-state index < -0.39 is 10.9 Å². The van der Waals surface area contributed by atoms with Gasteiger partial charge < -0.3 is 5.11 Å². The summed E-state index contributed by atoms with van der Waals surface area (Å²) in [5.74, 6) is -1.12. The smallest absolute Gasteiger partial charge is 0.328 e. The molecule has 142 valence electrons. The maximum atomic E-state index is 10.8. The van der Waals surface area contributed by atoms with Crippen molar-refractivity contribution in [3.63, 3.8) is 0 Å². The first-order valence-corrected chi connectivity index (χ1v) is 9.50. The Balaban J connectivity index is 3.69. The molecule has 0 aromatic heterocycles. The molecule has 25 heavy (non-hydrogen) atoms. The predicted molar refractivity (Wildman–Crippen MR) is 102 cm³/mol. The standard InChI is InChI=1S/C20H33NO4/c1-2-3-4-5-6-7-8-9-10-11-12-13-14-16-19(21(24)25)17-15-18-20(22)23/h14-18H,2-13H2,1H3,(H,22,23)/b16-14+,18-15+,19-17-. The zero-order valence-corrected chi connectivity index (χ0v) is 15.5. The molecular weight excluding hydrogens is 318 g/mol. The first-order valence-electron chi connectivity index (χ1n) is 9.50. The predicted octanol–water partition coefficient (Wildman–Crippen LogP) is 6.05. The van der Waals surface area contributed by atoms with Crippen LogP contribution in [0, 0.1) is 10.1 Å². The molecule has 0 heterocycles. The molecule has 0 rings (SSSR count). The van der Waals surface area contributed by atoms with Crippen molar-refractivity contribution in [2.24, 2.45) is 0 Å². The van der Waals surface area contributed by atoms with Gasteiger partial charge in [0.1, 0.15) is 0 Å². The molecule has 0 aromatic rings. The molecule has 5 heteroatoms. The van der Waals surface area contributed by atoms with Crippen molar-refractivity contribution < 1.29 is 14.8 Å². The van der Waals surface area contributed by atoms with E-state index in [4.69, 9.17) is 5.11 Å². The Kier molecular flexibility index (Phi) is 15.6. The van der Waals surface area contributed by atoms with Crippen LogP contribution in [0.3, 0.4) is 0 Å². The van der Waals surface area contributed by atoms with Gasteiger partial charge in [-0.05, 0) is 18.9 Å². The molecule has 0 unspecified atom stereocenters. The van der Waals surface area contributed by atoms with E-state index in [1.807, 2.05) is 0 Å². The number of aliphatic carboxylic acids is 1. The lowest BCUT2D eigenvalue weighted by atomic mass is 10.1. The Labute approximate surface area is 151 Å². The van der Waals surface area contributed by atoms with Crippen LogP contribution in [0.15, 0.2) is 36.1 Å². The summed E-state index contributed by atoms with van der Waals surface area (Å²) in [4.78, 5) is 20.7. The number of carboxylic acids is 1. The highest BCUT2D eigenvalue weighted by molar-refractivity contribution is 5.80. The summed E-state index contributed by atoms with van der Waals surface area (Å²) >= 11 is 0. The van der Waals surface area contributed by atoms with Crippen LogP contribution in [0.1, 0.15) is 84.0 Å². The zero-order valence-electron chi connectivity index (χ0n) is 15.5. The molecule has 0 spiro atoms. The molecule has 0 aliphatic heterocycles. The van der Waals surface area contributed by atoms with Crippen LogP contribution in [0.25, 0.3) is 0 Å². The summed E-state index contributed by atoms with van der Waals surface area (Å²) in [7, 11) is 0. The number of carbonyl (C=O) groups is 1. The van der Waals surface area contributed by atoms with E-state index in [1.165, 1.54) is 76.0 Å². The summed E-state index contributed by atoms with van der Waals surface area (Å²) < 4.78 is 0. The average molecular weight is 351 g/mol. The first-order chi connectivity index (χ1) is 12.1. The van der Waals surface area contributed by atoms with E-state index in [9.17, 15) is 14.9 Å². The fourth-order valence-electron chi connectivity index (χ4n) is 2.54. The van der Waals surface area contributed by atoms with Crippen LogP contribution < -0.4 is 0 Å². The average Bonchev–Trinajstić information content (AvgIpc) is 2.56. The maximum absolute atomic E-state index is 10.8. The van der Waals surface area contributed by atoms with Crippen LogP contribution in [0.2, 0.25) is 0 Å². The molecule has 0 saturated carbocycles. The number of allylic oxidation sites excluding steroid dienone is 4. The molecule has 1 N–H and O–H groups in total.